The summed E-state index contributed by atoms with van der Waals surface area (Å²) in [6, 6.07) is 13.4. The monoisotopic (exact) mass is 306 g/mol. The molecule has 23 heavy (non-hydrogen) atoms. The first-order valence-corrected chi connectivity index (χ1v) is 7.05. The van der Waals surface area contributed by atoms with E-state index in [1.165, 1.54) is 5.01 Å². The summed E-state index contributed by atoms with van der Waals surface area (Å²) in [6.45, 7) is 1.73. The molecule has 0 aromatic heterocycles. The molecule has 0 radical (unpaired) electrons. The van der Waals surface area contributed by atoms with Crippen LogP contribution in [0.1, 0.15) is 22.8 Å². The van der Waals surface area contributed by atoms with Crippen molar-refractivity contribution in [1.29, 1.82) is 0 Å². The van der Waals surface area contributed by atoms with Crippen molar-refractivity contribution in [1.82, 2.24) is 0 Å². The standard InChI is InChI=1S/C18H14N2O3/c1-12-16(10-14-6-2-3-8-17(14)22)18(23)20(19-12)15-7-4-5-13(9-15)11-21/h2-11,22H,1H3/b16-10+. The van der Waals surface area contributed by atoms with Crippen LogP contribution in [0, 0.1) is 0 Å². The van der Waals surface area contributed by atoms with Crippen molar-refractivity contribution in [2.75, 3.05) is 5.01 Å². The minimum Gasteiger partial charge on any atom is -0.507 e. The molecule has 0 unspecified atom stereocenters. The van der Waals surface area contributed by atoms with E-state index >= 15 is 0 Å². The zero-order valence-corrected chi connectivity index (χ0v) is 12.4. The van der Waals surface area contributed by atoms with Gasteiger partial charge in [-0.05, 0) is 31.2 Å². The quantitative estimate of drug-likeness (QED) is 0.700. The zero-order chi connectivity index (χ0) is 16.4. The number of aldehydes is 1. The van der Waals surface area contributed by atoms with E-state index in [0.717, 1.165) is 6.29 Å². The third-order valence-corrected chi connectivity index (χ3v) is 3.55. The van der Waals surface area contributed by atoms with Crippen LogP contribution in [-0.2, 0) is 4.79 Å². The maximum absolute atomic E-state index is 12.6. The largest absolute Gasteiger partial charge is 0.507 e. The molecule has 2 aromatic rings. The van der Waals surface area contributed by atoms with Gasteiger partial charge in [-0.3, -0.25) is 9.59 Å². The van der Waals surface area contributed by atoms with Crippen molar-refractivity contribution in [3.05, 3.63) is 65.2 Å². The Morgan fingerprint density at radius 2 is 1.91 bits per heavy atom. The van der Waals surface area contributed by atoms with Crippen molar-refractivity contribution in [2.45, 2.75) is 6.92 Å². The van der Waals surface area contributed by atoms with Gasteiger partial charge in [0, 0.05) is 11.1 Å². The lowest BCUT2D eigenvalue weighted by atomic mass is 10.1. The fraction of sp³-hybridized carbons (Fsp3) is 0.0556. The normalized spacial score (nSPS) is 15.9. The molecule has 1 amide bonds. The second kappa shape index (κ2) is 5.88. The van der Waals surface area contributed by atoms with E-state index in [0.29, 0.717) is 28.1 Å². The first-order valence-electron chi connectivity index (χ1n) is 7.05. The highest BCUT2D eigenvalue weighted by atomic mass is 16.3. The number of hydrogen-bond donors (Lipinski definition) is 1. The Labute approximate surface area is 133 Å². The highest BCUT2D eigenvalue weighted by Crippen LogP contribution is 2.27. The van der Waals surface area contributed by atoms with Crippen LogP contribution in [0.2, 0.25) is 0 Å². The maximum Gasteiger partial charge on any atom is 0.280 e. The molecule has 0 saturated heterocycles. The van der Waals surface area contributed by atoms with Gasteiger partial charge in [-0.1, -0.05) is 30.3 Å². The predicted molar refractivity (Wildman–Crippen MR) is 88.5 cm³/mol. The summed E-state index contributed by atoms with van der Waals surface area (Å²) < 4.78 is 0. The van der Waals surface area contributed by atoms with Crippen molar-refractivity contribution in [3.8, 4) is 5.75 Å². The molecule has 1 aliphatic heterocycles. The number of aromatic hydroxyl groups is 1. The van der Waals surface area contributed by atoms with E-state index in [-0.39, 0.29) is 11.7 Å². The van der Waals surface area contributed by atoms with Gasteiger partial charge >= 0.3 is 0 Å². The third kappa shape index (κ3) is 2.76. The first kappa shape index (κ1) is 14.7. The van der Waals surface area contributed by atoms with Crippen molar-refractivity contribution >= 4 is 29.7 Å². The summed E-state index contributed by atoms with van der Waals surface area (Å²) in [5, 5.41) is 15.4. The van der Waals surface area contributed by atoms with Crippen LogP contribution in [0.5, 0.6) is 5.75 Å². The molecule has 5 heteroatoms. The lowest BCUT2D eigenvalue weighted by molar-refractivity contribution is -0.114. The summed E-state index contributed by atoms with van der Waals surface area (Å²) in [6.07, 6.45) is 2.33. The smallest absolute Gasteiger partial charge is 0.280 e. The molecule has 0 fully saturated rings. The number of carbonyl (C=O) groups excluding carboxylic acids is 2. The molecule has 0 spiro atoms. The summed E-state index contributed by atoms with van der Waals surface area (Å²) >= 11 is 0. The van der Waals surface area contributed by atoms with Gasteiger partial charge in [-0.2, -0.15) is 10.1 Å². The number of amides is 1. The van der Waals surface area contributed by atoms with Gasteiger partial charge in [0.2, 0.25) is 0 Å². The number of carbonyl (C=O) groups is 2. The molecule has 0 saturated carbocycles. The van der Waals surface area contributed by atoms with E-state index in [2.05, 4.69) is 5.10 Å². The number of para-hydroxylation sites is 1. The van der Waals surface area contributed by atoms with Crippen LogP contribution in [0.25, 0.3) is 6.08 Å². The topological polar surface area (TPSA) is 70.0 Å². The average Bonchev–Trinajstić information content (AvgIpc) is 2.85. The minimum absolute atomic E-state index is 0.0991. The molecule has 0 atom stereocenters. The van der Waals surface area contributed by atoms with Gasteiger partial charge in [-0.25, -0.2) is 0 Å². The summed E-state index contributed by atoms with van der Waals surface area (Å²) in [4.78, 5) is 23.5. The Balaban J connectivity index is 1.98. The van der Waals surface area contributed by atoms with E-state index < -0.39 is 0 Å². The Morgan fingerprint density at radius 1 is 1.13 bits per heavy atom. The van der Waals surface area contributed by atoms with E-state index in [1.807, 2.05) is 0 Å². The van der Waals surface area contributed by atoms with Crippen LogP contribution in [-0.4, -0.2) is 23.0 Å². The number of nitrogens with zero attached hydrogens (tertiary/aromatic N) is 2. The SMILES string of the molecule is CC1=NN(c2cccc(C=O)c2)C(=O)/C1=C/c1ccccc1O. The van der Waals surface area contributed by atoms with Gasteiger partial charge in [0.25, 0.3) is 5.91 Å². The molecule has 0 bridgehead atoms. The molecule has 2 aromatic carbocycles. The van der Waals surface area contributed by atoms with E-state index in [1.54, 1.807) is 61.5 Å². The highest BCUT2D eigenvalue weighted by molar-refractivity contribution is 6.32. The van der Waals surface area contributed by atoms with Crippen molar-refractivity contribution < 1.29 is 14.7 Å². The summed E-state index contributed by atoms with van der Waals surface area (Å²) in [5.74, 6) is -0.198. The highest BCUT2D eigenvalue weighted by Gasteiger charge is 2.28. The molecular formula is C18H14N2O3. The molecular weight excluding hydrogens is 292 g/mol. The fourth-order valence-corrected chi connectivity index (χ4v) is 2.35. The number of hydrogen-bond acceptors (Lipinski definition) is 4. The van der Waals surface area contributed by atoms with Crippen LogP contribution >= 0.6 is 0 Å². The van der Waals surface area contributed by atoms with Gasteiger partial charge < -0.3 is 5.11 Å². The van der Waals surface area contributed by atoms with Gasteiger partial charge in [0.1, 0.15) is 12.0 Å². The second-order valence-electron chi connectivity index (χ2n) is 5.13. The fourth-order valence-electron chi connectivity index (χ4n) is 2.35. The Bertz CT molecular complexity index is 853. The molecule has 114 valence electrons. The number of rotatable bonds is 3. The number of anilines is 1. The number of phenolic OH excluding ortho intramolecular Hbond substituents is 1. The predicted octanol–water partition coefficient (Wildman–Crippen LogP) is 3.01. The lowest BCUT2D eigenvalue weighted by Gasteiger charge is -2.12. The average molecular weight is 306 g/mol. The second-order valence-corrected chi connectivity index (χ2v) is 5.13. The number of phenols is 1. The molecule has 3 rings (SSSR count). The molecule has 1 N–H and O–H groups in total. The van der Waals surface area contributed by atoms with E-state index in [4.69, 9.17) is 0 Å². The van der Waals surface area contributed by atoms with E-state index in [9.17, 15) is 14.7 Å². The Hall–Kier alpha value is -3.21. The summed E-state index contributed by atoms with van der Waals surface area (Å²) in [7, 11) is 0. The molecule has 1 heterocycles. The van der Waals surface area contributed by atoms with Gasteiger partial charge in [-0.15, -0.1) is 0 Å². The van der Waals surface area contributed by atoms with Crippen LogP contribution in [0.4, 0.5) is 5.69 Å². The number of benzene rings is 2. The first-order chi connectivity index (χ1) is 11.1. The lowest BCUT2D eigenvalue weighted by Crippen LogP contribution is -2.21. The minimum atomic E-state index is -0.297. The maximum atomic E-state index is 12.6. The molecule has 0 aliphatic carbocycles. The molecule has 5 nitrogen and oxygen atoms in total. The summed E-state index contributed by atoms with van der Waals surface area (Å²) in [5.41, 5.74) is 2.51. The van der Waals surface area contributed by atoms with Gasteiger partial charge in [0.05, 0.1) is 17.0 Å². The van der Waals surface area contributed by atoms with Crippen molar-refractivity contribution in [2.24, 2.45) is 5.10 Å². The van der Waals surface area contributed by atoms with Crippen molar-refractivity contribution in [3.63, 3.8) is 0 Å². The zero-order valence-electron chi connectivity index (χ0n) is 12.4. The molecule has 1 aliphatic rings. The van der Waals surface area contributed by atoms with Crippen LogP contribution in [0.15, 0.2) is 59.2 Å². The Morgan fingerprint density at radius 3 is 2.65 bits per heavy atom. The van der Waals surface area contributed by atoms with Gasteiger partial charge in [0.15, 0.2) is 0 Å². The number of hydrazone groups is 1. The third-order valence-electron chi connectivity index (χ3n) is 3.55. The Kier molecular flexibility index (Phi) is 3.76. The van der Waals surface area contributed by atoms with Crippen LogP contribution in [0.3, 0.4) is 0 Å². The van der Waals surface area contributed by atoms with Crippen LogP contribution < -0.4 is 5.01 Å².